The number of carbonyl (C=O) groups excluding carboxylic acids is 1. The highest BCUT2D eigenvalue weighted by atomic mass is 16.5. The predicted octanol–water partition coefficient (Wildman–Crippen LogP) is 0.897. The van der Waals surface area contributed by atoms with E-state index in [9.17, 15) is 4.79 Å². The maximum atomic E-state index is 12.3. The third-order valence-corrected chi connectivity index (χ3v) is 4.57. The number of hydrogen-bond acceptors (Lipinski definition) is 6. The van der Waals surface area contributed by atoms with Gasteiger partial charge in [0.25, 0.3) is 0 Å². The van der Waals surface area contributed by atoms with E-state index >= 15 is 0 Å². The smallest absolute Gasteiger partial charge is 0.240 e. The Hall–Kier alpha value is -1.47. The molecule has 0 unspecified atom stereocenters. The summed E-state index contributed by atoms with van der Waals surface area (Å²) >= 11 is 0. The van der Waals surface area contributed by atoms with Gasteiger partial charge in [-0.05, 0) is 39.5 Å². The van der Waals surface area contributed by atoms with Crippen LogP contribution in [-0.2, 0) is 9.53 Å². The summed E-state index contributed by atoms with van der Waals surface area (Å²) in [5, 5.41) is 10.2. The van der Waals surface area contributed by atoms with Crippen molar-refractivity contribution in [3.05, 3.63) is 11.7 Å². The van der Waals surface area contributed by atoms with Crippen LogP contribution in [0.1, 0.15) is 50.2 Å². The van der Waals surface area contributed by atoms with E-state index in [0.29, 0.717) is 18.3 Å². The topological polar surface area (TPSA) is 89.3 Å². The molecule has 2 fully saturated rings. The van der Waals surface area contributed by atoms with E-state index in [1.165, 1.54) is 0 Å². The van der Waals surface area contributed by atoms with E-state index in [-0.39, 0.29) is 24.1 Å². The van der Waals surface area contributed by atoms with Crippen LogP contribution in [0.25, 0.3) is 0 Å². The molecule has 22 heavy (non-hydrogen) atoms. The Morgan fingerprint density at radius 1 is 1.32 bits per heavy atom. The lowest BCUT2D eigenvalue weighted by Gasteiger charge is -2.32. The molecule has 2 N–H and O–H groups in total. The molecule has 0 radical (unpaired) electrons. The van der Waals surface area contributed by atoms with Gasteiger partial charge in [0, 0.05) is 18.5 Å². The molecule has 7 nitrogen and oxygen atoms in total. The number of aryl methyl sites for hydroxylation is 1. The van der Waals surface area contributed by atoms with Gasteiger partial charge in [-0.1, -0.05) is 5.16 Å². The minimum atomic E-state index is -0.245. The summed E-state index contributed by atoms with van der Waals surface area (Å²) in [6, 6.07) is -0.0197. The van der Waals surface area contributed by atoms with Crippen LogP contribution in [0.3, 0.4) is 0 Å². The summed E-state index contributed by atoms with van der Waals surface area (Å²) < 4.78 is 10.8. The molecule has 1 aliphatic carbocycles. The van der Waals surface area contributed by atoms with Gasteiger partial charge in [-0.3, -0.25) is 4.79 Å². The third kappa shape index (κ3) is 3.47. The molecular weight excluding hydrogens is 284 g/mol. The summed E-state index contributed by atoms with van der Waals surface area (Å²) in [6.45, 7) is 5.16. The van der Waals surface area contributed by atoms with Crippen molar-refractivity contribution in [3.63, 3.8) is 0 Å². The first kappa shape index (κ1) is 15.4. The molecule has 0 spiro atoms. The summed E-state index contributed by atoms with van der Waals surface area (Å²) in [4.78, 5) is 16.6. The Morgan fingerprint density at radius 3 is 2.73 bits per heavy atom. The predicted molar refractivity (Wildman–Crippen MR) is 79.4 cm³/mol. The van der Waals surface area contributed by atoms with Crippen molar-refractivity contribution in [1.29, 1.82) is 0 Å². The minimum absolute atomic E-state index is 0.0456. The molecule has 2 atom stereocenters. The maximum Gasteiger partial charge on any atom is 0.240 e. The first-order chi connectivity index (χ1) is 10.6. The van der Waals surface area contributed by atoms with E-state index < -0.39 is 0 Å². The normalized spacial score (nSPS) is 32.6. The highest BCUT2D eigenvalue weighted by molar-refractivity contribution is 5.82. The van der Waals surface area contributed by atoms with Gasteiger partial charge >= 0.3 is 0 Å². The van der Waals surface area contributed by atoms with Crippen LogP contribution in [0.4, 0.5) is 0 Å². The lowest BCUT2D eigenvalue weighted by Crippen LogP contribution is -2.57. The van der Waals surface area contributed by atoms with Crippen molar-refractivity contribution in [2.24, 2.45) is 0 Å². The molecule has 0 bridgehead atoms. The molecule has 1 saturated heterocycles. The Kier molecular flexibility index (Phi) is 4.73. The summed E-state index contributed by atoms with van der Waals surface area (Å²) in [5.74, 6) is 1.79. The average molecular weight is 308 g/mol. The lowest BCUT2D eigenvalue weighted by molar-refractivity contribution is -0.129. The molecule has 1 aliphatic heterocycles. The zero-order valence-electron chi connectivity index (χ0n) is 13.2. The molecule has 0 aromatic carbocycles. The molecule has 1 amide bonds. The van der Waals surface area contributed by atoms with Gasteiger partial charge in [0.1, 0.15) is 6.04 Å². The second kappa shape index (κ2) is 6.75. The maximum absolute atomic E-state index is 12.3. The standard InChI is InChI=1S/C15H24N4O3/c1-9-13(16-7-8-21-9)14(20)18-12-5-3-11(4-6-12)15-17-10(2)19-22-15/h9,11-13,16H,3-8H2,1-2H3,(H,18,20)/t9-,11?,12?,13+/m1/s1. The van der Waals surface area contributed by atoms with E-state index in [1.54, 1.807) is 0 Å². The Balaban J connectivity index is 1.48. The average Bonchev–Trinajstić information content (AvgIpc) is 2.95. The molecule has 2 heterocycles. The fraction of sp³-hybridized carbons (Fsp3) is 0.800. The number of nitrogens with zero attached hydrogens (tertiary/aromatic N) is 2. The molecule has 122 valence electrons. The number of carbonyl (C=O) groups is 1. The van der Waals surface area contributed by atoms with Gasteiger partial charge < -0.3 is 19.9 Å². The zero-order chi connectivity index (χ0) is 15.5. The van der Waals surface area contributed by atoms with Crippen LogP contribution >= 0.6 is 0 Å². The van der Waals surface area contributed by atoms with Crippen molar-refractivity contribution in [3.8, 4) is 0 Å². The molecule has 1 aromatic rings. The number of amides is 1. The van der Waals surface area contributed by atoms with Crippen LogP contribution in [0, 0.1) is 6.92 Å². The summed E-state index contributed by atoms with van der Waals surface area (Å²) in [7, 11) is 0. The summed E-state index contributed by atoms with van der Waals surface area (Å²) in [6.07, 6.45) is 3.75. The molecular formula is C15H24N4O3. The molecule has 2 aliphatic rings. The quantitative estimate of drug-likeness (QED) is 0.862. The number of morpholine rings is 1. The number of aromatic nitrogens is 2. The van der Waals surface area contributed by atoms with Gasteiger partial charge in [0.15, 0.2) is 5.82 Å². The van der Waals surface area contributed by atoms with Crippen LogP contribution in [0.2, 0.25) is 0 Å². The number of ether oxygens (including phenoxy) is 1. The van der Waals surface area contributed by atoms with Gasteiger partial charge in [0.2, 0.25) is 11.8 Å². The summed E-state index contributed by atoms with van der Waals surface area (Å²) in [5.41, 5.74) is 0. The number of nitrogens with one attached hydrogen (secondary N) is 2. The van der Waals surface area contributed by atoms with Crippen LogP contribution in [0.15, 0.2) is 4.52 Å². The van der Waals surface area contributed by atoms with Gasteiger partial charge in [-0.15, -0.1) is 0 Å². The van der Waals surface area contributed by atoms with Gasteiger partial charge in [-0.2, -0.15) is 4.98 Å². The van der Waals surface area contributed by atoms with Crippen molar-refractivity contribution in [1.82, 2.24) is 20.8 Å². The Labute approximate surface area is 130 Å². The molecule has 1 saturated carbocycles. The Morgan fingerprint density at radius 2 is 2.09 bits per heavy atom. The number of hydrogen-bond donors (Lipinski definition) is 2. The first-order valence-corrected chi connectivity index (χ1v) is 8.09. The molecule has 7 heteroatoms. The van der Waals surface area contributed by atoms with Gasteiger partial charge in [0.05, 0.1) is 12.7 Å². The monoisotopic (exact) mass is 308 g/mol. The van der Waals surface area contributed by atoms with Crippen molar-refractivity contribution < 1.29 is 14.1 Å². The van der Waals surface area contributed by atoms with E-state index in [0.717, 1.165) is 38.1 Å². The minimum Gasteiger partial charge on any atom is -0.375 e. The second-order valence-electron chi connectivity index (χ2n) is 6.24. The largest absolute Gasteiger partial charge is 0.375 e. The fourth-order valence-electron chi connectivity index (χ4n) is 3.28. The second-order valence-corrected chi connectivity index (χ2v) is 6.24. The van der Waals surface area contributed by atoms with Crippen LogP contribution in [-0.4, -0.2) is 47.4 Å². The number of rotatable bonds is 3. The van der Waals surface area contributed by atoms with Crippen LogP contribution < -0.4 is 10.6 Å². The molecule has 1 aromatic heterocycles. The molecule has 3 rings (SSSR count). The van der Waals surface area contributed by atoms with E-state index in [4.69, 9.17) is 9.26 Å². The van der Waals surface area contributed by atoms with E-state index in [2.05, 4.69) is 20.8 Å². The Bertz CT molecular complexity index is 511. The van der Waals surface area contributed by atoms with Crippen molar-refractivity contribution >= 4 is 5.91 Å². The zero-order valence-corrected chi connectivity index (χ0v) is 13.2. The van der Waals surface area contributed by atoms with Gasteiger partial charge in [-0.25, -0.2) is 0 Å². The van der Waals surface area contributed by atoms with Crippen molar-refractivity contribution in [2.45, 2.75) is 63.6 Å². The van der Waals surface area contributed by atoms with E-state index in [1.807, 2.05) is 13.8 Å². The fourth-order valence-corrected chi connectivity index (χ4v) is 3.28. The third-order valence-electron chi connectivity index (χ3n) is 4.57. The highest BCUT2D eigenvalue weighted by Gasteiger charge is 2.32. The highest BCUT2D eigenvalue weighted by Crippen LogP contribution is 2.31. The SMILES string of the molecule is Cc1noc(C2CCC(NC(=O)[C@H]3NCCO[C@@H]3C)CC2)n1. The first-order valence-electron chi connectivity index (χ1n) is 8.09. The van der Waals surface area contributed by atoms with Crippen LogP contribution in [0.5, 0.6) is 0 Å². The lowest BCUT2D eigenvalue weighted by atomic mass is 9.85. The van der Waals surface area contributed by atoms with Crippen molar-refractivity contribution in [2.75, 3.05) is 13.2 Å².